The molecule has 2 heterocycles. The monoisotopic (exact) mass is 434 g/mol. The van der Waals surface area contributed by atoms with Gasteiger partial charge in [-0.15, -0.1) is 0 Å². The van der Waals surface area contributed by atoms with E-state index in [-0.39, 0.29) is 30.3 Å². The molecule has 2 aromatic rings. The highest BCUT2D eigenvalue weighted by molar-refractivity contribution is 6.11. The number of benzene rings is 2. The molecule has 0 radical (unpaired) electrons. The summed E-state index contributed by atoms with van der Waals surface area (Å²) in [6.07, 6.45) is 2.78. The van der Waals surface area contributed by atoms with Gasteiger partial charge in [-0.05, 0) is 62.9 Å². The molecule has 32 heavy (non-hydrogen) atoms. The molecule has 7 nitrogen and oxygen atoms in total. The maximum absolute atomic E-state index is 13.4. The van der Waals surface area contributed by atoms with Crippen LogP contribution in [0, 0.1) is 13.8 Å². The molecule has 4 rings (SSSR count). The molecule has 7 heteroatoms. The standard InChI is InChI=1S/C25H30N4O3/c1-16-8-10-19(17(2)13-16)26-23(30)15-29-22-14-18(24(31)27(3)4)9-11-20(22)28-12-6-5-7-21(28)25(29)32/h8-11,13-14,21H,5-7,12,15H2,1-4H3,(H,26,30). The zero-order valence-electron chi connectivity index (χ0n) is 19.1. The Morgan fingerprint density at radius 2 is 1.84 bits per heavy atom. The van der Waals surface area contributed by atoms with Gasteiger partial charge in [-0.2, -0.15) is 0 Å². The first kappa shape index (κ1) is 21.9. The highest BCUT2D eigenvalue weighted by atomic mass is 16.2. The Bertz CT molecular complexity index is 1080. The quantitative estimate of drug-likeness (QED) is 0.801. The van der Waals surface area contributed by atoms with E-state index in [0.29, 0.717) is 11.3 Å². The van der Waals surface area contributed by atoms with Gasteiger partial charge in [0, 0.05) is 31.9 Å². The zero-order valence-corrected chi connectivity index (χ0v) is 19.1. The molecule has 1 unspecified atom stereocenters. The molecule has 0 aliphatic carbocycles. The summed E-state index contributed by atoms with van der Waals surface area (Å²) in [5.41, 5.74) is 4.86. The van der Waals surface area contributed by atoms with Gasteiger partial charge >= 0.3 is 0 Å². The van der Waals surface area contributed by atoms with Gasteiger partial charge in [0.1, 0.15) is 12.6 Å². The summed E-state index contributed by atoms with van der Waals surface area (Å²) in [7, 11) is 3.39. The number of nitrogens with zero attached hydrogens (tertiary/aromatic N) is 3. The molecule has 0 aromatic heterocycles. The molecular weight excluding hydrogens is 404 g/mol. The van der Waals surface area contributed by atoms with E-state index in [4.69, 9.17) is 0 Å². The number of amides is 3. The van der Waals surface area contributed by atoms with E-state index >= 15 is 0 Å². The van der Waals surface area contributed by atoms with Crippen molar-refractivity contribution in [3.63, 3.8) is 0 Å². The van der Waals surface area contributed by atoms with Crippen molar-refractivity contribution < 1.29 is 14.4 Å². The second-order valence-corrected chi connectivity index (χ2v) is 8.90. The maximum atomic E-state index is 13.4. The summed E-state index contributed by atoms with van der Waals surface area (Å²) >= 11 is 0. The summed E-state index contributed by atoms with van der Waals surface area (Å²) in [5.74, 6) is -0.479. The first-order valence-corrected chi connectivity index (χ1v) is 11.1. The lowest BCUT2D eigenvalue weighted by atomic mass is 9.95. The molecule has 1 fully saturated rings. The zero-order chi connectivity index (χ0) is 23.0. The number of hydrogen-bond donors (Lipinski definition) is 1. The third-order valence-electron chi connectivity index (χ3n) is 6.24. The average molecular weight is 435 g/mol. The van der Waals surface area contributed by atoms with Crippen molar-refractivity contribution in [2.45, 2.75) is 39.2 Å². The van der Waals surface area contributed by atoms with Gasteiger partial charge < -0.3 is 15.1 Å². The summed E-state index contributed by atoms with van der Waals surface area (Å²) in [5, 5.41) is 2.94. The van der Waals surface area contributed by atoms with Crippen LogP contribution in [0.5, 0.6) is 0 Å². The number of fused-ring (bicyclic) bond motifs is 3. The van der Waals surface area contributed by atoms with Crippen LogP contribution >= 0.6 is 0 Å². The normalized spacial score (nSPS) is 17.5. The summed E-state index contributed by atoms with van der Waals surface area (Å²) in [6, 6.07) is 11.0. The van der Waals surface area contributed by atoms with Crippen molar-refractivity contribution in [2.75, 3.05) is 42.3 Å². The van der Waals surface area contributed by atoms with Crippen molar-refractivity contribution in [1.82, 2.24) is 4.90 Å². The first-order chi connectivity index (χ1) is 15.3. The highest BCUT2D eigenvalue weighted by Gasteiger charge is 2.40. The van der Waals surface area contributed by atoms with Crippen molar-refractivity contribution in [3.8, 4) is 0 Å². The Morgan fingerprint density at radius 3 is 2.56 bits per heavy atom. The first-order valence-electron chi connectivity index (χ1n) is 11.1. The van der Waals surface area contributed by atoms with Crippen molar-refractivity contribution >= 4 is 34.8 Å². The topological polar surface area (TPSA) is 73.0 Å². The molecule has 1 atom stereocenters. The van der Waals surface area contributed by atoms with Crippen LogP contribution in [0.4, 0.5) is 17.1 Å². The predicted octanol–water partition coefficient (Wildman–Crippen LogP) is 3.35. The SMILES string of the molecule is Cc1ccc(NC(=O)CN2C(=O)C3CCCCN3c3ccc(C(=O)N(C)C)cc32)c(C)c1. The van der Waals surface area contributed by atoms with E-state index in [2.05, 4.69) is 10.2 Å². The summed E-state index contributed by atoms with van der Waals surface area (Å²) in [6.45, 7) is 4.66. The van der Waals surface area contributed by atoms with Gasteiger partial charge in [-0.1, -0.05) is 17.7 Å². The van der Waals surface area contributed by atoms with Crippen LogP contribution in [0.25, 0.3) is 0 Å². The molecule has 2 aliphatic rings. The second kappa shape index (κ2) is 8.65. The Hall–Kier alpha value is -3.35. The molecule has 1 saturated heterocycles. The maximum Gasteiger partial charge on any atom is 0.253 e. The van der Waals surface area contributed by atoms with Crippen molar-refractivity contribution in [1.29, 1.82) is 0 Å². The van der Waals surface area contributed by atoms with Crippen LogP contribution in [0.2, 0.25) is 0 Å². The molecule has 0 saturated carbocycles. The van der Waals surface area contributed by atoms with E-state index in [9.17, 15) is 14.4 Å². The summed E-state index contributed by atoms with van der Waals surface area (Å²) in [4.78, 5) is 44.2. The van der Waals surface area contributed by atoms with Crippen LogP contribution in [-0.4, -0.2) is 55.8 Å². The van der Waals surface area contributed by atoms with E-state index in [0.717, 1.165) is 48.3 Å². The summed E-state index contributed by atoms with van der Waals surface area (Å²) < 4.78 is 0. The Kier molecular flexibility index (Phi) is 5.91. The fraction of sp³-hybridized carbons (Fsp3) is 0.400. The lowest BCUT2D eigenvalue weighted by Gasteiger charge is -2.45. The molecule has 0 bridgehead atoms. The Balaban J connectivity index is 1.67. The number of rotatable bonds is 4. The van der Waals surface area contributed by atoms with Crippen LogP contribution in [0.1, 0.15) is 40.7 Å². The van der Waals surface area contributed by atoms with Gasteiger partial charge in [0.25, 0.3) is 5.91 Å². The van der Waals surface area contributed by atoms with Gasteiger partial charge in [-0.3, -0.25) is 19.3 Å². The molecule has 1 N–H and O–H groups in total. The number of piperidine rings is 1. The smallest absolute Gasteiger partial charge is 0.253 e. The van der Waals surface area contributed by atoms with Gasteiger partial charge in [0.05, 0.1) is 11.4 Å². The third-order valence-corrected chi connectivity index (χ3v) is 6.24. The second-order valence-electron chi connectivity index (χ2n) is 8.90. The van der Waals surface area contributed by atoms with Gasteiger partial charge in [0.2, 0.25) is 11.8 Å². The lowest BCUT2D eigenvalue weighted by Crippen LogP contribution is -2.56. The largest absolute Gasteiger partial charge is 0.358 e. The van der Waals surface area contributed by atoms with E-state index in [1.54, 1.807) is 31.1 Å². The molecule has 0 spiro atoms. The third kappa shape index (κ3) is 4.07. The van der Waals surface area contributed by atoms with Crippen LogP contribution < -0.4 is 15.1 Å². The number of aryl methyl sites for hydroxylation is 2. The number of carbonyl (C=O) groups is 3. The Morgan fingerprint density at radius 1 is 1.06 bits per heavy atom. The minimum absolute atomic E-state index is 0.0811. The Labute approximate surface area is 189 Å². The molecule has 3 amide bonds. The van der Waals surface area contributed by atoms with Crippen LogP contribution in [-0.2, 0) is 9.59 Å². The molecule has 2 aromatic carbocycles. The van der Waals surface area contributed by atoms with Crippen LogP contribution in [0.15, 0.2) is 36.4 Å². The van der Waals surface area contributed by atoms with Crippen LogP contribution in [0.3, 0.4) is 0 Å². The number of carbonyl (C=O) groups excluding carboxylic acids is 3. The molecular formula is C25H30N4O3. The lowest BCUT2D eigenvalue weighted by molar-refractivity contribution is -0.123. The van der Waals surface area contributed by atoms with Crippen molar-refractivity contribution in [2.24, 2.45) is 0 Å². The predicted molar refractivity (Wildman–Crippen MR) is 126 cm³/mol. The number of hydrogen-bond acceptors (Lipinski definition) is 4. The number of anilines is 3. The van der Waals surface area contributed by atoms with Gasteiger partial charge in [-0.25, -0.2) is 0 Å². The molecule has 2 aliphatic heterocycles. The van der Waals surface area contributed by atoms with Gasteiger partial charge in [0.15, 0.2) is 0 Å². The fourth-order valence-electron chi connectivity index (χ4n) is 4.60. The fourth-order valence-corrected chi connectivity index (χ4v) is 4.60. The average Bonchev–Trinajstić information content (AvgIpc) is 2.77. The minimum atomic E-state index is -0.263. The minimum Gasteiger partial charge on any atom is -0.358 e. The number of nitrogens with one attached hydrogen (secondary N) is 1. The van der Waals surface area contributed by atoms with E-state index in [1.807, 2.05) is 38.1 Å². The van der Waals surface area contributed by atoms with E-state index < -0.39 is 0 Å². The highest BCUT2D eigenvalue weighted by Crippen LogP contribution is 2.40. The van der Waals surface area contributed by atoms with E-state index in [1.165, 1.54) is 4.90 Å². The molecule has 168 valence electrons. The van der Waals surface area contributed by atoms with Crippen molar-refractivity contribution in [3.05, 3.63) is 53.1 Å².